The van der Waals surface area contributed by atoms with Crippen LogP contribution in [0.25, 0.3) is 0 Å². The molecule has 0 aromatic heterocycles. The van der Waals surface area contributed by atoms with Gasteiger partial charge in [0.1, 0.15) is 5.84 Å². The molecule has 0 unspecified atom stereocenters. The second kappa shape index (κ2) is 7.38. The summed E-state index contributed by atoms with van der Waals surface area (Å²) in [5.74, 6) is 1.59. The van der Waals surface area contributed by atoms with Crippen molar-refractivity contribution in [2.75, 3.05) is 26.4 Å². The van der Waals surface area contributed by atoms with Gasteiger partial charge < -0.3 is 4.90 Å². The molecular formula is C13H21FN4S2. The molecule has 1 N–H and O–H groups in total. The Labute approximate surface area is 128 Å². The number of halogens is 1. The average Bonchev–Trinajstić information content (AvgIpc) is 2.53. The van der Waals surface area contributed by atoms with Gasteiger partial charge in [0.05, 0.1) is 22.1 Å². The van der Waals surface area contributed by atoms with Crippen LogP contribution in [0.3, 0.4) is 0 Å². The predicted molar refractivity (Wildman–Crippen MR) is 86.8 cm³/mol. The van der Waals surface area contributed by atoms with E-state index in [1.165, 1.54) is 19.3 Å². The Bertz CT molecular complexity index is 442. The Kier molecular flexibility index (Phi) is 5.80. The molecule has 0 amide bonds. The van der Waals surface area contributed by atoms with Crippen LogP contribution in [0.5, 0.6) is 0 Å². The molecule has 0 aliphatic carbocycles. The van der Waals surface area contributed by atoms with Crippen molar-refractivity contribution in [3.63, 3.8) is 0 Å². The lowest BCUT2D eigenvalue weighted by Crippen LogP contribution is -2.41. The van der Waals surface area contributed by atoms with Gasteiger partial charge in [0.2, 0.25) is 0 Å². The number of hydrogen-bond acceptors (Lipinski definition) is 6. The maximum Gasteiger partial charge on any atom is 0.162 e. The first-order chi connectivity index (χ1) is 9.71. The number of nitrogens with one attached hydrogen (secondary N) is 1. The molecular weight excluding hydrogens is 295 g/mol. The van der Waals surface area contributed by atoms with Crippen LogP contribution in [0.2, 0.25) is 0 Å². The molecule has 112 valence electrons. The fraction of sp³-hybridized carbons (Fsp3) is 0.615. The first kappa shape index (κ1) is 15.7. The SMILES string of the molecule is CNN1C(SC)=CC(N2CCCCC2)=N/C1=C(/C)SF. The normalized spacial score (nSPS) is 22.6. The highest BCUT2D eigenvalue weighted by Crippen LogP contribution is 2.31. The molecule has 1 saturated heterocycles. The van der Waals surface area contributed by atoms with E-state index in [0.29, 0.717) is 10.7 Å². The van der Waals surface area contributed by atoms with Crippen molar-refractivity contribution in [1.82, 2.24) is 15.3 Å². The molecule has 0 aromatic rings. The van der Waals surface area contributed by atoms with Crippen LogP contribution in [-0.4, -0.2) is 42.1 Å². The summed E-state index contributed by atoms with van der Waals surface area (Å²) in [6, 6.07) is 0. The number of thioether (sulfide) groups is 1. The van der Waals surface area contributed by atoms with E-state index in [4.69, 9.17) is 0 Å². The quantitative estimate of drug-likeness (QED) is 0.863. The number of aliphatic imine (C=N–C) groups is 1. The van der Waals surface area contributed by atoms with Crippen molar-refractivity contribution in [1.29, 1.82) is 0 Å². The standard InChI is InChI=1S/C13H21FN4S2/c1-10(20-14)13-16-11(17-7-5-4-6-8-17)9-12(19-3)18(13)15-2/h9,15H,4-8H2,1-3H3/b13-10+. The summed E-state index contributed by atoms with van der Waals surface area (Å²) < 4.78 is 13.0. The van der Waals surface area contributed by atoms with Crippen LogP contribution in [0, 0.1) is 0 Å². The fourth-order valence-corrected chi connectivity index (χ4v) is 3.18. The van der Waals surface area contributed by atoms with Crippen molar-refractivity contribution in [3.8, 4) is 0 Å². The Morgan fingerprint density at radius 2 is 2.05 bits per heavy atom. The Morgan fingerprint density at radius 1 is 1.35 bits per heavy atom. The number of nitrogens with zero attached hydrogens (tertiary/aromatic N) is 3. The molecule has 0 spiro atoms. The topological polar surface area (TPSA) is 30.9 Å². The number of piperidine rings is 1. The molecule has 20 heavy (non-hydrogen) atoms. The summed E-state index contributed by atoms with van der Waals surface area (Å²) in [5, 5.41) is 2.87. The summed E-state index contributed by atoms with van der Waals surface area (Å²) in [6.07, 6.45) is 7.78. The lowest BCUT2D eigenvalue weighted by atomic mass is 10.1. The third kappa shape index (κ3) is 3.32. The van der Waals surface area contributed by atoms with Gasteiger partial charge in [0.25, 0.3) is 0 Å². The van der Waals surface area contributed by atoms with E-state index in [0.717, 1.165) is 24.0 Å². The van der Waals surface area contributed by atoms with Crippen molar-refractivity contribution in [2.24, 2.45) is 4.99 Å². The van der Waals surface area contributed by atoms with E-state index in [1.54, 1.807) is 18.7 Å². The van der Waals surface area contributed by atoms with Gasteiger partial charge in [-0.05, 0) is 32.4 Å². The average molecular weight is 316 g/mol. The molecule has 4 nitrogen and oxygen atoms in total. The summed E-state index contributed by atoms with van der Waals surface area (Å²) in [7, 11) is 1.82. The first-order valence-corrected chi connectivity index (χ1v) is 8.71. The number of hydrogen-bond donors (Lipinski definition) is 1. The molecule has 2 aliphatic heterocycles. The minimum Gasteiger partial charge on any atom is -0.356 e. The largest absolute Gasteiger partial charge is 0.356 e. The molecule has 0 aromatic carbocycles. The zero-order valence-electron chi connectivity index (χ0n) is 12.1. The zero-order chi connectivity index (χ0) is 14.5. The second-order valence-corrected chi connectivity index (χ2v) is 6.31. The van der Waals surface area contributed by atoms with Crippen molar-refractivity contribution in [2.45, 2.75) is 26.2 Å². The maximum absolute atomic E-state index is 13.0. The second-order valence-electron chi connectivity index (χ2n) is 4.72. The van der Waals surface area contributed by atoms with E-state index in [1.807, 2.05) is 18.3 Å². The molecule has 0 saturated carbocycles. The summed E-state index contributed by atoms with van der Waals surface area (Å²) in [5.41, 5.74) is 3.07. The van der Waals surface area contributed by atoms with E-state index in [-0.39, 0.29) is 12.1 Å². The van der Waals surface area contributed by atoms with Gasteiger partial charge in [-0.1, -0.05) is 0 Å². The van der Waals surface area contributed by atoms with Crippen LogP contribution >= 0.6 is 23.9 Å². The van der Waals surface area contributed by atoms with Gasteiger partial charge in [-0.25, -0.2) is 10.4 Å². The van der Waals surface area contributed by atoms with E-state index in [9.17, 15) is 3.89 Å². The molecule has 0 radical (unpaired) electrons. The minimum absolute atomic E-state index is 0.248. The third-order valence-electron chi connectivity index (χ3n) is 3.45. The number of rotatable bonds is 3. The highest BCUT2D eigenvalue weighted by Gasteiger charge is 2.24. The molecule has 2 rings (SSSR count). The number of likely N-dealkylation sites (tertiary alicyclic amines) is 1. The summed E-state index contributed by atoms with van der Waals surface area (Å²) in [6.45, 7) is 3.82. The molecule has 0 atom stereocenters. The predicted octanol–water partition coefficient (Wildman–Crippen LogP) is 3.33. The Balaban J connectivity index is 2.35. The van der Waals surface area contributed by atoms with Gasteiger partial charge in [0.15, 0.2) is 5.82 Å². The van der Waals surface area contributed by atoms with E-state index < -0.39 is 0 Å². The molecule has 0 bridgehead atoms. The van der Waals surface area contributed by atoms with Crippen molar-refractivity contribution in [3.05, 3.63) is 21.8 Å². The van der Waals surface area contributed by atoms with Crippen LogP contribution in [0.15, 0.2) is 26.8 Å². The van der Waals surface area contributed by atoms with Gasteiger partial charge >= 0.3 is 0 Å². The first-order valence-electron chi connectivity index (χ1n) is 6.77. The van der Waals surface area contributed by atoms with Crippen LogP contribution in [0.1, 0.15) is 26.2 Å². The number of allylic oxidation sites excluding steroid dienone is 1. The highest BCUT2D eigenvalue weighted by molar-refractivity contribution is 8.02. The smallest absolute Gasteiger partial charge is 0.162 e. The van der Waals surface area contributed by atoms with E-state index >= 15 is 0 Å². The minimum atomic E-state index is 0.248. The zero-order valence-corrected chi connectivity index (χ0v) is 13.8. The Hall–Kier alpha value is -0.660. The van der Waals surface area contributed by atoms with Crippen LogP contribution in [-0.2, 0) is 0 Å². The van der Waals surface area contributed by atoms with Gasteiger partial charge in [-0.2, -0.15) is 3.89 Å². The molecule has 7 heteroatoms. The maximum atomic E-state index is 13.0. The lowest BCUT2D eigenvalue weighted by molar-refractivity contribution is 0.327. The van der Waals surface area contributed by atoms with Crippen LogP contribution in [0.4, 0.5) is 3.89 Å². The summed E-state index contributed by atoms with van der Waals surface area (Å²) in [4.78, 5) is 7.52. The van der Waals surface area contributed by atoms with Gasteiger partial charge in [-0.3, -0.25) is 5.01 Å². The third-order valence-corrected chi connectivity index (χ3v) is 4.58. The lowest BCUT2D eigenvalue weighted by Gasteiger charge is -2.34. The fourth-order valence-electron chi connectivity index (χ4n) is 2.39. The molecule has 1 fully saturated rings. The van der Waals surface area contributed by atoms with Crippen molar-refractivity contribution < 1.29 is 3.89 Å². The van der Waals surface area contributed by atoms with Crippen molar-refractivity contribution >= 4 is 29.7 Å². The number of amidine groups is 1. The molecule has 2 heterocycles. The molecule has 2 aliphatic rings. The van der Waals surface area contributed by atoms with Gasteiger partial charge in [-0.15, -0.1) is 11.8 Å². The monoisotopic (exact) mass is 316 g/mol. The Morgan fingerprint density at radius 3 is 2.60 bits per heavy atom. The van der Waals surface area contributed by atoms with Crippen LogP contribution < -0.4 is 5.43 Å². The number of hydrazine groups is 1. The van der Waals surface area contributed by atoms with Gasteiger partial charge in [0, 0.05) is 26.2 Å². The van der Waals surface area contributed by atoms with E-state index in [2.05, 4.69) is 21.4 Å². The highest BCUT2D eigenvalue weighted by atomic mass is 32.2. The summed E-state index contributed by atoms with van der Waals surface area (Å²) >= 11 is 1.88.